The molecule has 0 bridgehead atoms. The lowest BCUT2D eigenvalue weighted by molar-refractivity contribution is -0.167. The van der Waals surface area contributed by atoms with Gasteiger partial charge < -0.3 is 14.2 Å². The van der Waals surface area contributed by atoms with Gasteiger partial charge in [-0.05, 0) is 128 Å². The van der Waals surface area contributed by atoms with Gasteiger partial charge in [0, 0.05) is 19.3 Å². The van der Waals surface area contributed by atoms with Crippen LogP contribution < -0.4 is 0 Å². The fraction of sp³-hybridized carbons (Fsp3) is 0.667. The predicted molar refractivity (Wildman–Crippen MR) is 325 cm³/mol. The largest absolute Gasteiger partial charge is 0.462 e. The smallest absolute Gasteiger partial charge is 0.306 e. The summed E-state index contributed by atoms with van der Waals surface area (Å²) in [5, 5.41) is 0. The SMILES string of the molecule is CC/C=C\C/C=C\C/C=C\C/C=C\C/C=C\CCCCCC(=O)OC(COC(=O)CCCC/C=C\C/C=C\C/C=C\C/C=C\CC)COC(=O)CCCCCCCCCCCCC/C=C\CCCCCCCCCC. The van der Waals surface area contributed by atoms with Crippen molar-refractivity contribution < 1.29 is 28.6 Å². The number of carbonyl (C=O) groups is 3. The molecule has 0 heterocycles. The monoisotopic (exact) mass is 1040 g/mol. The Labute approximate surface area is 462 Å². The lowest BCUT2D eigenvalue weighted by Crippen LogP contribution is -2.30. The first-order chi connectivity index (χ1) is 37.0. The van der Waals surface area contributed by atoms with Crippen LogP contribution in [-0.2, 0) is 28.6 Å². The van der Waals surface area contributed by atoms with Gasteiger partial charge in [-0.25, -0.2) is 0 Å². The molecule has 1 unspecified atom stereocenters. The van der Waals surface area contributed by atoms with Gasteiger partial charge in [0.05, 0.1) is 0 Å². The average molecular weight is 1040 g/mol. The lowest BCUT2D eigenvalue weighted by Gasteiger charge is -2.18. The molecule has 0 aliphatic rings. The molecule has 0 rings (SSSR count). The second kappa shape index (κ2) is 62.4. The molecule has 0 aliphatic heterocycles. The van der Waals surface area contributed by atoms with Gasteiger partial charge >= 0.3 is 17.9 Å². The quantitative estimate of drug-likeness (QED) is 0.0261. The Bertz CT molecular complexity index is 1570. The summed E-state index contributed by atoms with van der Waals surface area (Å²) in [5.41, 5.74) is 0. The molecule has 6 nitrogen and oxygen atoms in total. The number of allylic oxidation sites excluding steroid dienone is 20. The van der Waals surface area contributed by atoms with Crippen molar-refractivity contribution in [1.29, 1.82) is 0 Å². The van der Waals surface area contributed by atoms with Crippen LogP contribution in [0, 0.1) is 0 Å². The fourth-order valence-corrected chi connectivity index (χ4v) is 8.34. The summed E-state index contributed by atoms with van der Waals surface area (Å²) in [5.74, 6) is -0.982. The van der Waals surface area contributed by atoms with Crippen LogP contribution in [0.25, 0.3) is 0 Å². The summed E-state index contributed by atoms with van der Waals surface area (Å²) in [6.45, 7) is 6.36. The Morgan fingerprint density at radius 2 is 0.520 bits per heavy atom. The molecule has 0 amide bonds. The zero-order valence-electron chi connectivity index (χ0n) is 48.8. The van der Waals surface area contributed by atoms with Gasteiger partial charge in [0.15, 0.2) is 6.10 Å². The number of carbonyl (C=O) groups excluding carboxylic acids is 3. The molecule has 0 saturated heterocycles. The van der Waals surface area contributed by atoms with E-state index in [9.17, 15) is 14.4 Å². The molecule has 6 heteroatoms. The normalized spacial score (nSPS) is 12.9. The minimum atomic E-state index is -0.817. The molecule has 0 aliphatic carbocycles. The first-order valence-corrected chi connectivity index (χ1v) is 31.0. The maximum Gasteiger partial charge on any atom is 0.306 e. The van der Waals surface area contributed by atoms with E-state index >= 15 is 0 Å². The number of esters is 3. The van der Waals surface area contributed by atoms with Crippen molar-refractivity contribution in [1.82, 2.24) is 0 Å². The van der Waals surface area contributed by atoms with Gasteiger partial charge in [-0.2, -0.15) is 0 Å². The molecule has 0 fully saturated rings. The van der Waals surface area contributed by atoms with Gasteiger partial charge in [0.1, 0.15) is 13.2 Å². The average Bonchev–Trinajstić information content (AvgIpc) is 3.41. The molecule has 426 valence electrons. The van der Waals surface area contributed by atoms with Crippen molar-refractivity contribution in [3.05, 3.63) is 122 Å². The third kappa shape index (κ3) is 60.6. The number of rotatable bonds is 55. The van der Waals surface area contributed by atoms with E-state index in [4.69, 9.17) is 14.2 Å². The van der Waals surface area contributed by atoms with Crippen LogP contribution in [0.4, 0.5) is 0 Å². The first kappa shape index (κ1) is 70.8. The van der Waals surface area contributed by atoms with Crippen LogP contribution in [0.15, 0.2) is 122 Å². The van der Waals surface area contributed by atoms with Crippen molar-refractivity contribution in [3.8, 4) is 0 Å². The van der Waals surface area contributed by atoms with Gasteiger partial charge in [-0.3, -0.25) is 14.4 Å². The van der Waals surface area contributed by atoms with Crippen molar-refractivity contribution in [3.63, 3.8) is 0 Å². The van der Waals surface area contributed by atoms with Crippen molar-refractivity contribution in [2.75, 3.05) is 13.2 Å². The van der Waals surface area contributed by atoms with E-state index in [0.29, 0.717) is 25.7 Å². The van der Waals surface area contributed by atoms with Crippen LogP contribution in [0.1, 0.15) is 278 Å². The second-order valence-electron chi connectivity index (χ2n) is 20.2. The van der Waals surface area contributed by atoms with Crippen LogP contribution >= 0.6 is 0 Å². The summed E-state index contributed by atoms with van der Waals surface area (Å²) in [6.07, 6.45) is 86.3. The molecule has 0 aromatic rings. The van der Waals surface area contributed by atoms with Crippen molar-refractivity contribution in [2.45, 2.75) is 284 Å². The maximum absolute atomic E-state index is 12.9. The van der Waals surface area contributed by atoms with Gasteiger partial charge in [-0.1, -0.05) is 251 Å². The van der Waals surface area contributed by atoms with Gasteiger partial charge in [0.25, 0.3) is 0 Å². The van der Waals surface area contributed by atoms with E-state index in [1.165, 1.54) is 116 Å². The summed E-state index contributed by atoms with van der Waals surface area (Å²) in [4.78, 5) is 38.3. The number of unbranched alkanes of at least 4 members (excludes halogenated alkanes) is 24. The Balaban J connectivity index is 4.45. The van der Waals surface area contributed by atoms with Crippen LogP contribution in [0.2, 0.25) is 0 Å². The molecule has 0 N–H and O–H groups in total. The molecule has 75 heavy (non-hydrogen) atoms. The van der Waals surface area contributed by atoms with Crippen molar-refractivity contribution in [2.24, 2.45) is 0 Å². The van der Waals surface area contributed by atoms with Gasteiger partial charge in [0.2, 0.25) is 0 Å². The molecular weight excluding hydrogens is 925 g/mol. The third-order valence-electron chi connectivity index (χ3n) is 12.9. The third-order valence-corrected chi connectivity index (χ3v) is 12.9. The van der Waals surface area contributed by atoms with E-state index < -0.39 is 6.10 Å². The lowest BCUT2D eigenvalue weighted by atomic mass is 10.0. The zero-order valence-corrected chi connectivity index (χ0v) is 48.8. The Hall–Kier alpha value is -4.19. The standard InChI is InChI=1S/C69H114O6/c1-4-7-10-13-16-19-22-25-28-30-32-33-34-35-37-38-41-44-47-50-53-56-59-62-68(71)74-65-66(64-73-67(70)61-58-55-52-49-46-43-40-27-24-21-18-15-12-9-6-3)75-69(72)63-60-57-54-51-48-45-42-39-36-31-29-26-23-20-17-14-11-8-5-2/h8-9,11-12,17-18,20-21,26-27,29-30,32,36,39-40,45-46,48-49,66H,4-7,10,13-16,19,22-25,28,31,33-35,37-38,41-44,47,50-65H2,1-3H3/b11-8-,12-9-,20-17-,21-18-,29-26-,32-30-,39-36-,40-27-,48-45-,49-46-. The van der Waals surface area contributed by atoms with Crippen LogP contribution in [-0.4, -0.2) is 37.2 Å². The summed E-state index contributed by atoms with van der Waals surface area (Å²) >= 11 is 0. The van der Waals surface area contributed by atoms with E-state index in [2.05, 4.69) is 142 Å². The van der Waals surface area contributed by atoms with E-state index in [0.717, 1.165) is 109 Å². The van der Waals surface area contributed by atoms with Crippen LogP contribution in [0.5, 0.6) is 0 Å². The van der Waals surface area contributed by atoms with Crippen molar-refractivity contribution >= 4 is 17.9 Å². The van der Waals surface area contributed by atoms with E-state index in [1.54, 1.807) is 0 Å². The molecular formula is C69H114O6. The minimum Gasteiger partial charge on any atom is -0.462 e. The Kier molecular flexibility index (Phi) is 58.9. The Morgan fingerprint density at radius 1 is 0.280 bits per heavy atom. The molecule has 1 atom stereocenters. The molecule has 0 saturated carbocycles. The molecule has 0 radical (unpaired) electrons. The van der Waals surface area contributed by atoms with E-state index in [-0.39, 0.29) is 37.5 Å². The highest BCUT2D eigenvalue weighted by Gasteiger charge is 2.19. The second-order valence-corrected chi connectivity index (χ2v) is 20.2. The Morgan fingerprint density at radius 3 is 0.867 bits per heavy atom. The topological polar surface area (TPSA) is 78.9 Å². The summed E-state index contributed by atoms with van der Waals surface area (Å²) in [6, 6.07) is 0. The predicted octanol–water partition coefficient (Wildman–Crippen LogP) is 21.2. The minimum absolute atomic E-state index is 0.107. The molecule has 0 spiro atoms. The highest BCUT2D eigenvalue weighted by molar-refractivity contribution is 5.71. The molecule has 0 aromatic carbocycles. The van der Waals surface area contributed by atoms with Crippen LogP contribution in [0.3, 0.4) is 0 Å². The number of ether oxygens (including phenoxy) is 3. The highest BCUT2D eigenvalue weighted by atomic mass is 16.6. The number of hydrogen-bond donors (Lipinski definition) is 0. The number of hydrogen-bond acceptors (Lipinski definition) is 6. The first-order valence-electron chi connectivity index (χ1n) is 31.0. The van der Waals surface area contributed by atoms with Gasteiger partial charge in [-0.15, -0.1) is 0 Å². The molecule has 0 aromatic heterocycles. The fourth-order valence-electron chi connectivity index (χ4n) is 8.34. The summed E-state index contributed by atoms with van der Waals surface area (Å²) < 4.78 is 16.8. The maximum atomic E-state index is 12.9. The highest BCUT2D eigenvalue weighted by Crippen LogP contribution is 2.15. The van der Waals surface area contributed by atoms with E-state index in [1.807, 2.05) is 0 Å². The zero-order chi connectivity index (χ0) is 54.3. The summed E-state index contributed by atoms with van der Waals surface area (Å²) in [7, 11) is 0.